The van der Waals surface area contributed by atoms with Gasteiger partial charge < -0.3 is 10.6 Å². The highest BCUT2D eigenvalue weighted by Gasteiger charge is 2.32. The standard InChI is InChI=1S/C14H17ClFN3O2/c1-17-13(20)7-12-14(21)18-5-6-19(12)8-9-10(15)3-2-4-11(9)16/h2-4,12H,5-8H2,1H3,(H,17,20)(H,18,21)/t12-/m1/s1. The van der Waals surface area contributed by atoms with Crippen molar-refractivity contribution in [3.63, 3.8) is 0 Å². The summed E-state index contributed by atoms with van der Waals surface area (Å²) in [6.07, 6.45) is 0.0361. The number of rotatable bonds is 4. The van der Waals surface area contributed by atoms with Gasteiger partial charge in [-0.1, -0.05) is 17.7 Å². The number of benzene rings is 1. The molecule has 5 nitrogen and oxygen atoms in total. The van der Waals surface area contributed by atoms with Crippen LogP contribution in [-0.4, -0.2) is 42.9 Å². The topological polar surface area (TPSA) is 61.4 Å². The fourth-order valence-corrected chi connectivity index (χ4v) is 2.56. The van der Waals surface area contributed by atoms with Crippen LogP contribution in [0.3, 0.4) is 0 Å². The molecule has 0 spiro atoms. The van der Waals surface area contributed by atoms with Gasteiger partial charge in [-0.15, -0.1) is 0 Å². The summed E-state index contributed by atoms with van der Waals surface area (Å²) in [6.45, 7) is 1.20. The predicted molar refractivity (Wildman–Crippen MR) is 77.3 cm³/mol. The monoisotopic (exact) mass is 313 g/mol. The molecule has 0 aliphatic carbocycles. The third kappa shape index (κ3) is 3.71. The number of nitrogens with zero attached hydrogens (tertiary/aromatic N) is 1. The quantitative estimate of drug-likeness (QED) is 0.869. The van der Waals surface area contributed by atoms with Crippen molar-refractivity contribution < 1.29 is 14.0 Å². The van der Waals surface area contributed by atoms with Gasteiger partial charge in [0.1, 0.15) is 5.82 Å². The van der Waals surface area contributed by atoms with E-state index in [1.807, 2.05) is 0 Å². The van der Waals surface area contributed by atoms with Crippen LogP contribution in [0.15, 0.2) is 18.2 Å². The van der Waals surface area contributed by atoms with Gasteiger partial charge >= 0.3 is 0 Å². The summed E-state index contributed by atoms with van der Waals surface area (Å²) >= 11 is 6.02. The molecule has 0 radical (unpaired) electrons. The molecule has 2 amide bonds. The van der Waals surface area contributed by atoms with E-state index >= 15 is 0 Å². The van der Waals surface area contributed by atoms with Crippen LogP contribution in [0.2, 0.25) is 5.02 Å². The van der Waals surface area contributed by atoms with E-state index in [1.54, 1.807) is 11.0 Å². The van der Waals surface area contributed by atoms with E-state index in [-0.39, 0.29) is 24.8 Å². The highest BCUT2D eigenvalue weighted by Crippen LogP contribution is 2.23. The number of piperazine rings is 1. The number of carbonyl (C=O) groups is 2. The average Bonchev–Trinajstić information content (AvgIpc) is 2.46. The lowest BCUT2D eigenvalue weighted by atomic mass is 10.1. The van der Waals surface area contributed by atoms with Crippen molar-refractivity contribution in [3.05, 3.63) is 34.6 Å². The molecule has 7 heteroatoms. The minimum atomic E-state index is -0.616. The van der Waals surface area contributed by atoms with E-state index in [1.165, 1.54) is 19.2 Å². The van der Waals surface area contributed by atoms with E-state index in [4.69, 9.17) is 11.6 Å². The van der Waals surface area contributed by atoms with E-state index in [2.05, 4.69) is 10.6 Å². The molecule has 1 aromatic rings. The Hall–Kier alpha value is -1.66. The van der Waals surface area contributed by atoms with Gasteiger partial charge in [0.2, 0.25) is 11.8 Å². The van der Waals surface area contributed by atoms with Crippen LogP contribution in [0, 0.1) is 5.82 Å². The zero-order chi connectivity index (χ0) is 15.4. The predicted octanol–water partition coefficient (Wildman–Crippen LogP) is 0.916. The van der Waals surface area contributed by atoms with Crippen LogP contribution >= 0.6 is 11.6 Å². The number of halogens is 2. The highest BCUT2D eigenvalue weighted by atomic mass is 35.5. The maximum absolute atomic E-state index is 13.9. The summed E-state index contributed by atoms with van der Waals surface area (Å²) in [5.41, 5.74) is 0.343. The first kappa shape index (κ1) is 15.7. The third-order valence-corrected chi connectivity index (χ3v) is 3.88. The zero-order valence-electron chi connectivity index (χ0n) is 11.7. The van der Waals surface area contributed by atoms with Gasteiger partial charge in [0.15, 0.2) is 0 Å². The molecule has 1 atom stereocenters. The summed E-state index contributed by atoms with van der Waals surface area (Å²) in [4.78, 5) is 25.3. The summed E-state index contributed by atoms with van der Waals surface area (Å²) in [5, 5.41) is 5.53. The van der Waals surface area contributed by atoms with E-state index in [0.717, 1.165) is 0 Å². The van der Waals surface area contributed by atoms with Gasteiger partial charge in [0.05, 0.1) is 12.5 Å². The molecule has 1 aliphatic heterocycles. The molecule has 0 saturated carbocycles. The van der Waals surface area contributed by atoms with Crippen molar-refractivity contribution in [1.29, 1.82) is 0 Å². The Balaban J connectivity index is 2.19. The van der Waals surface area contributed by atoms with E-state index < -0.39 is 11.9 Å². The van der Waals surface area contributed by atoms with Gasteiger partial charge in [-0.3, -0.25) is 14.5 Å². The largest absolute Gasteiger partial charge is 0.359 e. The lowest BCUT2D eigenvalue weighted by Crippen LogP contribution is -2.56. The Labute approximate surface area is 127 Å². The summed E-state index contributed by atoms with van der Waals surface area (Å²) in [6, 6.07) is 3.86. The molecule has 1 fully saturated rings. The second-order valence-electron chi connectivity index (χ2n) is 4.85. The number of hydrogen-bond donors (Lipinski definition) is 2. The Morgan fingerprint density at radius 2 is 2.33 bits per heavy atom. The molecular weight excluding hydrogens is 297 g/mol. The van der Waals surface area contributed by atoms with Crippen LogP contribution in [0.5, 0.6) is 0 Å². The first-order valence-corrected chi connectivity index (χ1v) is 7.06. The van der Waals surface area contributed by atoms with Crippen molar-refractivity contribution in [2.75, 3.05) is 20.1 Å². The normalized spacial score (nSPS) is 19.2. The molecule has 2 N–H and O–H groups in total. The fourth-order valence-electron chi connectivity index (χ4n) is 2.34. The molecule has 1 aliphatic rings. The second-order valence-corrected chi connectivity index (χ2v) is 5.26. The van der Waals surface area contributed by atoms with E-state index in [0.29, 0.717) is 23.7 Å². The van der Waals surface area contributed by atoms with Crippen molar-refractivity contribution in [1.82, 2.24) is 15.5 Å². The number of hydrogen-bond acceptors (Lipinski definition) is 3. The number of amides is 2. The fraction of sp³-hybridized carbons (Fsp3) is 0.429. The number of carbonyl (C=O) groups excluding carboxylic acids is 2. The van der Waals surface area contributed by atoms with Gasteiger partial charge in [0.25, 0.3) is 0 Å². The van der Waals surface area contributed by atoms with Gasteiger partial charge in [-0.05, 0) is 12.1 Å². The Kier molecular flexibility index (Phi) is 5.14. The van der Waals surface area contributed by atoms with Gasteiger partial charge in [0, 0.05) is 37.3 Å². The smallest absolute Gasteiger partial charge is 0.237 e. The SMILES string of the molecule is CNC(=O)C[C@@H]1C(=O)NCCN1Cc1c(F)cccc1Cl. The number of nitrogens with one attached hydrogen (secondary N) is 2. The minimum absolute atomic E-state index is 0.0361. The van der Waals surface area contributed by atoms with Crippen LogP contribution < -0.4 is 10.6 Å². The van der Waals surface area contributed by atoms with Gasteiger partial charge in [-0.25, -0.2) is 4.39 Å². The third-order valence-electron chi connectivity index (χ3n) is 3.52. The molecule has 1 heterocycles. The zero-order valence-corrected chi connectivity index (χ0v) is 12.4. The lowest BCUT2D eigenvalue weighted by molar-refractivity contribution is -0.134. The Morgan fingerprint density at radius 1 is 1.57 bits per heavy atom. The van der Waals surface area contributed by atoms with Crippen LogP contribution in [0.1, 0.15) is 12.0 Å². The maximum atomic E-state index is 13.9. The Bertz CT molecular complexity index is 533. The molecule has 0 aromatic heterocycles. The van der Waals surface area contributed by atoms with Crippen molar-refractivity contribution in [3.8, 4) is 0 Å². The summed E-state index contributed by atoms with van der Waals surface area (Å²) in [7, 11) is 1.52. The highest BCUT2D eigenvalue weighted by molar-refractivity contribution is 6.31. The lowest BCUT2D eigenvalue weighted by Gasteiger charge is -2.34. The maximum Gasteiger partial charge on any atom is 0.237 e. The van der Waals surface area contributed by atoms with Crippen molar-refractivity contribution in [2.24, 2.45) is 0 Å². The van der Waals surface area contributed by atoms with Crippen molar-refractivity contribution >= 4 is 23.4 Å². The second kappa shape index (κ2) is 6.87. The van der Waals surface area contributed by atoms with Gasteiger partial charge in [-0.2, -0.15) is 0 Å². The first-order chi connectivity index (χ1) is 10.0. The molecule has 114 valence electrons. The first-order valence-electron chi connectivity index (χ1n) is 6.68. The molecular formula is C14H17ClFN3O2. The molecule has 0 unspecified atom stereocenters. The summed E-state index contributed by atoms with van der Waals surface area (Å²) in [5.74, 6) is -0.869. The van der Waals surface area contributed by atoms with Crippen LogP contribution in [-0.2, 0) is 16.1 Å². The molecule has 2 rings (SSSR count). The van der Waals surface area contributed by atoms with Crippen LogP contribution in [0.25, 0.3) is 0 Å². The molecule has 1 saturated heterocycles. The molecule has 0 bridgehead atoms. The summed E-state index contributed by atoms with van der Waals surface area (Å²) < 4.78 is 13.9. The molecule has 21 heavy (non-hydrogen) atoms. The van der Waals surface area contributed by atoms with Crippen LogP contribution in [0.4, 0.5) is 4.39 Å². The average molecular weight is 314 g/mol. The Morgan fingerprint density at radius 3 is 3.00 bits per heavy atom. The minimum Gasteiger partial charge on any atom is -0.359 e. The molecule has 1 aromatic carbocycles. The van der Waals surface area contributed by atoms with Crippen molar-refractivity contribution in [2.45, 2.75) is 19.0 Å². The van der Waals surface area contributed by atoms with E-state index in [9.17, 15) is 14.0 Å².